The van der Waals surface area contributed by atoms with Crippen molar-refractivity contribution < 1.29 is 9.59 Å². The van der Waals surface area contributed by atoms with Crippen molar-refractivity contribution in [2.24, 2.45) is 0 Å². The molecule has 0 saturated carbocycles. The van der Waals surface area contributed by atoms with E-state index in [9.17, 15) is 9.59 Å². The third-order valence-corrected chi connectivity index (χ3v) is 8.13. The van der Waals surface area contributed by atoms with Gasteiger partial charge in [0.05, 0.1) is 10.6 Å². The molecule has 184 valence electrons. The standard InChI is InChI=1S/C30H31N3O2S/c1-20-9-10-22(3)25(17-20)32-13-15-33(16-14-32)29(34)24-11-12-27-26(18-24)31(4)30(35)28(36-27)19-23-8-6-5-7-21(23)2/h5-12,17-19H,13-16H2,1-4H3/b28-19-. The Morgan fingerprint density at radius 1 is 0.861 bits per heavy atom. The van der Waals surface area contributed by atoms with Crippen molar-refractivity contribution in [3.63, 3.8) is 0 Å². The summed E-state index contributed by atoms with van der Waals surface area (Å²) in [6.07, 6.45) is 1.95. The van der Waals surface area contributed by atoms with Crippen molar-refractivity contribution in [1.82, 2.24) is 4.90 Å². The molecule has 0 unspecified atom stereocenters. The second-order valence-electron chi connectivity index (χ2n) is 9.58. The first-order valence-corrected chi connectivity index (χ1v) is 13.1. The molecule has 2 amide bonds. The molecule has 0 radical (unpaired) electrons. The summed E-state index contributed by atoms with van der Waals surface area (Å²) in [5.74, 6) is -0.0343. The molecule has 3 aromatic rings. The molecule has 36 heavy (non-hydrogen) atoms. The summed E-state index contributed by atoms with van der Waals surface area (Å²) >= 11 is 1.47. The number of thioether (sulfide) groups is 1. The fourth-order valence-electron chi connectivity index (χ4n) is 4.81. The van der Waals surface area contributed by atoms with Gasteiger partial charge in [-0.15, -0.1) is 0 Å². The minimum absolute atomic E-state index is 0.0190. The van der Waals surface area contributed by atoms with Crippen LogP contribution >= 0.6 is 11.8 Å². The summed E-state index contributed by atoms with van der Waals surface area (Å²) < 4.78 is 0. The van der Waals surface area contributed by atoms with E-state index in [1.54, 1.807) is 11.9 Å². The maximum Gasteiger partial charge on any atom is 0.264 e. The zero-order valence-electron chi connectivity index (χ0n) is 21.2. The number of amides is 2. The second-order valence-corrected chi connectivity index (χ2v) is 10.7. The van der Waals surface area contributed by atoms with E-state index in [1.165, 1.54) is 28.6 Å². The lowest BCUT2D eigenvalue weighted by Crippen LogP contribution is -2.49. The van der Waals surface area contributed by atoms with Gasteiger partial charge in [-0.2, -0.15) is 0 Å². The average molecular weight is 498 g/mol. The van der Waals surface area contributed by atoms with Gasteiger partial charge >= 0.3 is 0 Å². The van der Waals surface area contributed by atoms with E-state index in [1.807, 2.05) is 60.4 Å². The number of rotatable bonds is 3. The Hall–Kier alpha value is -3.51. The largest absolute Gasteiger partial charge is 0.368 e. The zero-order valence-corrected chi connectivity index (χ0v) is 22.1. The van der Waals surface area contributed by atoms with Crippen LogP contribution in [0, 0.1) is 20.8 Å². The monoisotopic (exact) mass is 497 g/mol. The molecule has 6 heteroatoms. The highest BCUT2D eigenvalue weighted by molar-refractivity contribution is 8.04. The van der Waals surface area contributed by atoms with E-state index >= 15 is 0 Å². The molecular formula is C30H31N3O2S. The van der Waals surface area contributed by atoms with Crippen LogP contribution < -0.4 is 9.80 Å². The average Bonchev–Trinajstić information content (AvgIpc) is 2.89. The summed E-state index contributed by atoms with van der Waals surface area (Å²) in [6.45, 7) is 9.26. The number of aryl methyl sites for hydroxylation is 3. The van der Waals surface area contributed by atoms with E-state index in [4.69, 9.17) is 0 Å². The van der Waals surface area contributed by atoms with Crippen LogP contribution in [0.3, 0.4) is 0 Å². The van der Waals surface area contributed by atoms with Crippen molar-refractivity contribution in [3.05, 3.63) is 93.4 Å². The number of nitrogens with zero attached hydrogens (tertiary/aromatic N) is 3. The van der Waals surface area contributed by atoms with Crippen molar-refractivity contribution in [2.45, 2.75) is 25.7 Å². The molecule has 1 fully saturated rings. The van der Waals surface area contributed by atoms with Crippen LogP contribution in [0.5, 0.6) is 0 Å². The molecule has 0 spiro atoms. The number of likely N-dealkylation sites (N-methyl/N-ethyl adjacent to an activating group) is 1. The topological polar surface area (TPSA) is 43.9 Å². The fourth-order valence-corrected chi connectivity index (χ4v) is 5.89. The summed E-state index contributed by atoms with van der Waals surface area (Å²) in [5, 5.41) is 0. The van der Waals surface area contributed by atoms with E-state index in [0.717, 1.165) is 34.8 Å². The van der Waals surface area contributed by atoms with Crippen molar-refractivity contribution in [3.8, 4) is 0 Å². The summed E-state index contributed by atoms with van der Waals surface area (Å²) in [6, 6.07) is 20.3. The minimum atomic E-state index is -0.0532. The van der Waals surface area contributed by atoms with Crippen LogP contribution in [-0.2, 0) is 4.79 Å². The van der Waals surface area contributed by atoms with Gasteiger partial charge < -0.3 is 14.7 Å². The predicted molar refractivity (Wildman–Crippen MR) is 149 cm³/mol. The highest BCUT2D eigenvalue weighted by atomic mass is 32.2. The molecule has 2 aliphatic rings. The van der Waals surface area contributed by atoms with Gasteiger partial charge in [0.2, 0.25) is 0 Å². The first kappa shape index (κ1) is 24.2. The highest BCUT2D eigenvalue weighted by Gasteiger charge is 2.29. The molecule has 2 heterocycles. The molecule has 0 N–H and O–H groups in total. The molecule has 1 saturated heterocycles. The molecule has 0 bridgehead atoms. The van der Waals surface area contributed by atoms with E-state index in [2.05, 4.69) is 36.9 Å². The molecule has 2 aliphatic heterocycles. The number of carbonyl (C=O) groups is 2. The molecule has 0 atom stereocenters. The summed E-state index contributed by atoms with van der Waals surface area (Å²) in [4.78, 5) is 34.1. The minimum Gasteiger partial charge on any atom is -0.368 e. The summed E-state index contributed by atoms with van der Waals surface area (Å²) in [5.41, 5.74) is 7.34. The lowest BCUT2D eigenvalue weighted by molar-refractivity contribution is -0.114. The molecule has 0 aromatic heterocycles. The number of piperazine rings is 1. The van der Waals surface area contributed by atoms with Crippen molar-refractivity contribution >= 4 is 41.0 Å². The van der Waals surface area contributed by atoms with Crippen LogP contribution in [0.2, 0.25) is 0 Å². The number of anilines is 2. The van der Waals surface area contributed by atoms with Gasteiger partial charge in [0.1, 0.15) is 0 Å². The highest BCUT2D eigenvalue weighted by Crippen LogP contribution is 2.42. The quantitative estimate of drug-likeness (QED) is 0.437. The smallest absolute Gasteiger partial charge is 0.264 e. The Balaban J connectivity index is 1.32. The first-order chi connectivity index (χ1) is 17.3. The SMILES string of the molecule is Cc1ccc(C)c(N2CCN(C(=O)c3ccc4c(c3)N(C)C(=O)/C(=C/c3ccccc3C)S4)CC2)c1. The molecule has 5 rings (SSSR count). The normalized spacial score (nSPS) is 16.9. The van der Waals surface area contributed by atoms with Crippen molar-refractivity contribution in [1.29, 1.82) is 0 Å². The van der Waals surface area contributed by atoms with Gasteiger partial charge in [-0.05, 0) is 73.4 Å². The number of carbonyl (C=O) groups excluding carboxylic acids is 2. The number of hydrogen-bond acceptors (Lipinski definition) is 4. The van der Waals surface area contributed by atoms with Gasteiger partial charge in [-0.3, -0.25) is 9.59 Å². The number of hydrogen-bond donors (Lipinski definition) is 0. The van der Waals surface area contributed by atoms with Crippen molar-refractivity contribution in [2.75, 3.05) is 43.0 Å². The molecule has 0 aliphatic carbocycles. The van der Waals surface area contributed by atoms with Crippen LogP contribution in [0.1, 0.15) is 32.6 Å². The maximum atomic E-state index is 13.4. The maximum absolute atomic E-state index is 13.4. The van der Waals surface area contributed by atoms with Gasteiger partial charge in [0.15, 0.2) is 0 Å². The first-order valence-electron chi connectivity index (χ1n) is 12.3. The van der Waals surface area contributed by atoms with Gasteiger partial charge in [-0.1, -0.05) is 48.2 Å². The Bertz CT molecular complexity index is 1370. The van der Waals surface area contributed by atoms with E-state index in [0.29, 0.717) is 23.6 Å². The number of benzene rings is 3. The van der Waals surface area contributed by atoms with Gasteiger partial charge in [-0.25, -0.2) is 0 Å². The molecule has 5 nitrogen and oxygen atoms in total. The fraction of sp³-hybridized carbons (Fsp3) is 0.267. The Morgan fingerprint density at radius 3 is 2.36 bits per heavy atom. The van der Waals surface area contributed by atoms with Crippen LogP contribution in [0.25, 0.3) is 6.08 Å². The Labute approximate surface area is 217 Å². The lowest BCUT2D eigenvalue weighted by Gasteiger charge is -2.37. The van der Waals surface area contributed by atoms with Crippen LogP contribution in [-0.4, -0.2) is 49.9 Å². The third kappa shape index (κ3) is 4.65. The third-order valence-electron chi connectivity index (χ3n) is 7.05. The van der Waals surface area contributed by atoms with E-state index < -0.39 is 0 Å². The Kier molecular flexibility index (Phi) is 6.63. The van der Waals surface area contributed by atoms with Gasteiger partial charge in [0.25, 0.3) is 11.8 Å². The van der Waals surface area contributed by atoms with E-state index in [-0.39, 0.29) is 11.8 Å². The zero-order chi connectivity index (χ0) is 25.4. The van der Waals surface area contributed by atoms with Gasteiger partial charge in [0, 0.05) is 49.4 Å². The lowest BCUT2D eigenvalue weighted by atomic mass is 10.1. The number of fused-ring (bicyclic) bond motifs is 1. The predicted octanol–water partition coefficient (Wildman–Crippen LogP) is 5.68. The van der Waals surface area contributed by atoms with Crippen LogP contribution in [0.15, 0.2) is 70.5 Å². The molecular weight excluding hydrogens is 466 g/mol. The molecule has 3 aromatic carbocycles. The summed E-state index contributed by atoms with van der Waals surface area (Å²) in [7, 11) is 1.78. The second kappa shape index (κ2) is 9.86. The van der Waals surface area contributed by atoms with Crippen LogP contribution in [0.4, 0.5) is 11.4 Å². The Morgan fingerprint density at radius 2 is 1.61 bits per heavy atom.